The Labute approximate surface area is 287 Å². The topological polar surface area (TPSA) is 16.4 Å². The summed E-state index contributed by atoms with van der Waals surface area (Å²) in [6, 6.07) is 63.2. The van der Waals surface area contributed by atoms with Crippen molar-refractivity contribution in [1.82, 2.24) is 0 Å². The molecule has 10 aromatic rings. The van der Waals surface area contributed by atoms with Gasteiger partial charge in [0.05, 0.1) is 5.69 Å². The fraction of sp³-hybridized carbons (Fsp3) is 0. The Kier molecular flexibility index (Phi) is 6.39. The average molecular weight is 644 g/mol. The zero-order valence-electron chi connectivity index (χ0n) is 26.5. The van der Waals surface area contributed by atoms with E-state index in [0.717, 1.165) is 39.0 Å². The fourth-order valence-corrected chi connectivity index (χ4v) is 8.56. The number of anilines is 3. The maximum atomic E-state index is 6.60. The molecule has 3 heteroatoms. The number of nitrogens with zero attached hydrogens (tertiary/aromatic N) is 1. The Hall–Kier alpha value is -6.16. The molecule has 0 aliphatic rings. The third-order valence-corrected chi connectivity index (χ3v) is 10.8. The van der Waals surface area contributed by atoms with Gasteiger partial charge in [0.25, 0.3) is 0 Å². The van der Waals surface area contributed by atoms with Crippen LogP contribution in [0.15, 0.2) is 180 Å². The van der Waals surface area contributed by atoms with Gasteiger partial charge < -0.3 is 9.32 Å². The molecule has 10 rings (SSSR count). The molecule has 230 valence electrons. The van der Waals surface area contributed by atoms with E-state index in [-0.39, 0.29) is 0 Å². The van der Waals surface area contributed by atoms with Crippen LogP contribution in [0.1, 0.15) is 0 Å². The number of fused-ring (bicyclic) bond motifs is 7. The summed E-state index contributed by atoms with van der Waals surface area (Å²) < 4.78 is 9.17. The fourth-order valence-electron chi connectivity index (χ4n) is 7.42. The maximum Gasteiger partial charge on any atom is 0.159 e. The minimum Gasteiger partial charge on any atom is -0.454 e. The number of benzene rings is 8. The van der Waals surface area contributed by atoms with Gasteiger partial charge in [-0.3, -0.25) is 0 Å². The van der Waals surface area contributed by atoms with Gasteiger partial charge in [-0.15, -0.1) is 11.3 Å². The van der Waals surface area contributed by atoms with E-state index in [4.69, 9.17) is 4.42 Å². The quantitative estimate of drug-likeness (QED) is 0.186. The molecule has 2 aromatic heterocycles. The minimum absolute atomic E-state index is 0.880. The average Bonchev–Trinajstić information content (AvgIpc) is 3.74. The smallest absolute Gasteiger partial charge is 0.159 e. The van der Waals surface area contributed by atoms with Gasteiger partial charge in [-0.25, -0.2) is 0 Å². The molecule has 0 saturated heterocycles. The van der Waals surface area contributed by atoms with Gasteiger partial charge >= 0.3 is 0 Å². The molecule has 0 spiro atoms. The number of hydrogen-bond donors (Lipinski definition) is 0. The highest BCUT2D eigenvalue weighted by molar-refractivity contribution is 7.25. The molecule has 0 unspecified atom stereocenters. The number of thiophene rings is 1. The lowest BCUT2D eigenvalue weighted by Crippen LogP contribution is -2.10. The van der Waals surface area contributed by atoms with Gasteiger partial charge in [0.15, 0.2) is 5.58 Å². The summed E-state index contributed by atoms with van der Waals surface area (Å²) >= 11 is 1.84. The molecule has 2 nitrogen and oxygen atoms in total. The predicted molar refractivity (Wildman–Crippen MR) is 210 cm³/mol. The zero-order chi connectivity index (χ0) is 32.3. The lowest BCUT2D eigenvalue weighted by atomic mass is 9.91. The first-order chi connectivity index (χ1) is 24.3. The van der Waals surface area contributed by atoms with Gasteiger partial charge in [-0.1, -0.05) is 133 Å². The molecule has 0 radical (unpaired) electrons. The van der Waals surface area contributed by atoms with Crippen molar-refractivity contribution in [2.45, 2.75) is 0 Å². The van der Waals surface area contributed by atoms with Crippen LogP contribution in [0.25, 0.3) is 75.1 Å². The third kappa shape index (κ3) is 4.55. The highest BCUT2D eigenvalue weighted by Crippen LogP contribution is 2.45. The van der Waals surface area contributed by atoms with Crippen molar-refractivity contribution in [2.24, 2.45) is 0 Å². The summed E-state index contributed by atoms with van der Waals surface area (Å²) in [5.74, 6) is 0. The van der Waals surface area contributed by atoms with E-state index in [2.05, 4.69) is 175 Å². The zero-order valence-corrected chi connectivity index (χ0v) is 27.3. The van der Waals surface area contributed by atoms with E-state index in [9.17, 15) is 0 Å². The Bertz CT molecular complexity index is 2820. The summed E-state index contributed by atoms with van der Waals surface area (Å²) in [6.45, 7) is 0. The Balaban J connectivity index is 1.16. The molecule has 0 fully saturated rings. The lowest BCUT2D eigenvalue weighted by molar-refractivity contribution is 0.669. The van der Waals surface area contributed by atoms with Crippen LogP contribution in [0.2, 0.25) is 0 Å². The van der Waals surface area contributed by atoms with Gasteiger partial charge in [0.2, 0.25) is 0 Å². The van der Waals surface area contributed by atoms with Crippen LogP contribution < -0.4 is 4.90 Å². The van der Waals surface area contributed by atoms with Crippen LogP contribution in [0.4, 0.5) is 17.1 Å². The van der Waals surface area contributed by atoms with E-state index in [1.54, 1.807) is 0 Å². The summed E-state index contributed by atoms with van der Waals surface area (Å²) in [5, 5.41) is 7.32. The molecule has 2 heterocycles. The number of furan rings is 1. The summed E-state index contributed by atoms with van der Waals surface area (Å²) in [4.78, 5) is 2.34. The van der Waals surface area contributed by atoms with Gasteiger partial charge in [-0.2, -0.15) is 0 Å². The second-order valence-electron chi connectivity index (χ2n) is 12.5. The van der Waals surface area contributed by atoms with E-state index >= 15 is 0 Å². The molecule has 0 bridgehead atoms. The largest absolute Gasteiger partial charge is 0.454 e. The second-order valence-corrected chi connectivity index (χ2v) is 13.6. The Morgan fingerprint density at radius 3 is 1.88 bits per heavy atom. The molecule has 8 aromatic carbocycles. The van der Waals surface area contributed by atoms with E-state index in [1.165, 1.54) is 53.2 Å². The second kappa shape index (κ2) is 11.2. The highest BCUT2D eigenvalue weighted by Gasteiger charge is 2.20. The molecule has 0 aliphatic carbocycles. The molecular weight excluding hydrogens is 615 g/mol. The van der Waals surface area contributed by atoms with Crippen molar-refractivity contribution in [3.63, 3.8) is 0 Å². The SMILES string of the molecule is c1ccc(-c2cccc3cccc(-c4ccc(N(c5ccc6c(c5)sc5ccccc56)c5cccc6c5oc5ccccc56)cc4)c23)cc1. The summed E-state index contributed by atoms with van der Waals surface area (Å²) in [6.07, 6.45) is 0. The van der Waals surface area contributed by atoms with Crippen molar-refractivity contribution >= 4 is 81.3 Å². The molecule has 0 amide bonds. The first kappa shape index (κ1) is 27.9. The molecule has 0 aliphatic heterocycles. The highest BCUT2D eigenvalue weighted by atomic mass is 32.1. The van der Waals surface area contributed by atoms with Crippen LogP contribution in [-0.4, -0.2) is 0 Å². The molecule has 0 atom stereocenters. The summed E-state index contributed by atoms with van der Waals surface area (Å²) in [7, 11) is 0. The van der Waals surface area contributed by atoms with Gasteiger partial charge in [0, 0.05) is 42.3 Å². The van der Waals surface area contributed by atoms with E-state index in [0.29, 0.717) is 0 Å². The predicted octanol–water partition coefficient (Wildman–Crippen LogP) is 13.9. The van der Waals surface area contributed by atoms with Crippen molar-refractivity contribution in [1.29, 1.82) is 0 Å². The molecule has 0 N–H and O–H groups in total. The number of para-hydroxylation sites is 2. The molecule has 0 saturated carbocycles. The number of hydrogen-bond acceptors (Lipinski definition) is 3. The first-order valence-electron chi connectivity index (χ1n) is 16.6. The van der Waals surface area contributed by atoms with E-state index < -0.39 is 0 Å². The van der Waals surface area contributed by atoms with Crippen molar-refractivity contribution in [3.8, 4) is 22.3 Å². The Morgan fingerprint density at radius 2 is 1.06 bits per heavy atom. The van der Waals surface area contributed by atoms with Crippen molar-refractivity contribution in [3.05, 3.63) is 176 Å². The van der Waals surface area contributed by atoms with Crippen molar-refractivity contribution in [2.75, 3.05) is 4.90 Å². The van der Waals surface area contributed by atoms with Crippen LogP contribution >= 0.6 is 11.3 Å². The first-order valence-corrected chi connectivity index (χ1v) is 17.4. The molecular formula is C46H29NOS. The van der Waals surface area contributed by atoms with Crippen molar-refractivity contribution < 1.29 is 4.42 Å². The third-order valence-electron chi connectivity index (χ3n) is 9.67. The van der Waals surface area contributed by atoms with Crippen LogP contribution in [0, 0.1) is 0 Å². The standard InChI is InChI=1S/C46H29NOS/c1-2-11-30(12-3-1)35-17-8-13-32-14-9-18-36(45(32)35)31-23-25-33(26-24-31)47(34-27-28-39-38-16-5-7-22-43(38)49-44(39)29-34)41-20-10-19-40-37-15-4-6-21-42(37)48-46(40)41/h1-29H. The van der Waals surface area contributed by atoms with Crippen LogP contribution in [0.5, 0.6) is 0 Å². The van der Waals surface area contributed by atoms with Crippen LogP contribution in [-0.2, 0) is 0 Å². The lowest BCUT2D eigenvalue weighted by Gasteiger charge is -2.26. The van der Waals surface area contributed by atoms with Gasteiger partial charge in [-0.05, 0) is 75.5 Å². The Morgan fingerprint density at radius 1 is 0.429 bits per heavy atom. The normalized spacial score (nSPS) is 11.7. The minimum atomic E-state index is 0.880. The van der Waals surface area contributed by atoms with Crippen LogP contribution in [0.3, 0.4) is 0 Å². The summed E-state index contributed by atoms with van der Waals surface area (Å²) in [5.41, 5.74) is 9.82. The van der Waals surface area contributed by atoms with E-state index in [1.807, 2.05) is 17.4 Å². The number of rotatable bonds is 5. The van der Waals surface area contributed by atoms with Gasteiger partial charge in [0.1, 0.15) is 5.58 Å². The maximum absolute atomic E-state index is 6.60. The monoisotopic (exact) mass is 643 g/mol. The molecule has 49 heavy (non-hydrogen) atoms.